The van der Waals surface area contributed by atoms with E-state index < -0.39 is 6.36 Å². The van der Waals surface area contributed by atoms with Gasteiger partial charge in [-0.1, -0.05) is 0 Å². The Balaban J connectivity index is 0.000000487. The molecular formula is C8H10F3N3O2. The quantitative estimate of drug-likeness (QED) is 0.233. The second kappa shape index (κ2) is 6.51. The number of anilines is 1. The molecule has 1 aromatic rings. The van der Waals surface area contributed by atoms with Crippen LogP contribution >= 0.6 is 0 Å². The van der Waals surface area contributed by atoms with E-state index >= 15 is 0 Å². The largest absolute Gasteiger partial charge is 0.573 e. The normalized spacial score (nSPS) is 9.75. The molecule has 0 aliphatic rings. The monoisotopic (exact) mass is 237 g/mol. The van der Waals surface area contributed by atoms with Crippen molar-refractivity contribution in [2.24, 2.45) is 5.84 Å². The van der Waals surface area contributed by atoms with E-state index in [1.165, 1.54) is 12.1 Å². The second-order valence-corrected chi connectivity index (χ2v) is 2.40. The minimum Gasteiger partial charge on any atom is -0.406 e. The summed E-state index contributed by atoms with van der Waals surface area (Å²) < 4.78 is 38.4. The molecule has 0 aromatic heterocycles. The number of nitrogen functional groups attached to an aromatic ring is 1. The fraction of sp³-hybridized carbons (Fsp3) is 0.125. The molecule has 0 aliphatic heterocycles. The van der Waals surface area contributed by atoms with E-state index in [0.29, 0.717) is 12.1 Å². The van der Waals surface area contributed by atoms with Crippen LogP contribution in [0.4, 0.5) is 18.9 Å². The zero-order valence-electron chi connectivity index (χ0n) is 7.99. The van der Waals surface area contributed by atoms with E-state index in [4.69, 9.17) is 10.5 Å². The number of ether oxygens (including phenoxy) is 1. The molecule has 0 fully saturated rings. The summed E-state index contributed by atoms with van der Waals surface area (Å²) in [7, 11) is 0. The van der Waals surface area contributed by atoms with Crippen LogP contribution in [0.15, 0.2) is 24.3 Å². The molecule has 0 heterocycles. The lowest BCUT2D eigenvalue weighted by atomic mass is 10.3. The van der Waals surface area contributed by atoms with E-state index in [9.17, 15) is 13.2 Å². The summed E-state index contributed by atoms with van der Waals surface area (Å²) in [5.41, 5.74) is 7.40. The molecular weight excluding hydrogens is 227 g/mol. The smallest absolute Gasteiger partial charge is 0.406 e. The van der Waals surface area contributed by atoms with Crippen LogP contribution in [0.25, 0.3) is 0 Å². The predicted octanol–water partition coefficient (Wildman–Crippen LogP) is 0.774. The number of rotatable bonds is 2. The Labute approximate surface area is 89.1 Å². The van der Waals surface area contributed by atoms with E-state index in [1.54, 1.807) is 5.43 Å². The number of amides is 1. The van der Waals surface area contributed by atoms with Gasteiger partial charge in [-0.2, -0.15) is 0 Å². The van der Waals surface area contributed by atoms with Crippen LogP contribution in [-0.4, -0.2) is 12.8 Å². The first-order valence-electron chi connectivity index (χ1n) is 3.90. The van der Waals surface area contributed by atoms with Gasteiger partial charge in [-0.25, -0.2) is 5.84 Å². The Morgan fingerprint density at radius 3 is 2.00 bits per heavy atom. The minimum absolute atomic E-state index is 0.267. The molecule has 0 aliphatic carbocycles. The molecule has 0 bridgehead atoms. The number of hydrazine groups is 1. The second-order valence-electron chi connectivity index (χ2n) is 2.40. The van der Waals surface area contributed by atoms with Gasteiger partial charge in [0.05, 0.1) is 0 Å². The van der Waals surface area contributed by atoms with Gasteiger partial charge >= 0.3 is 6.36 Å². The van der Waals surface area contributed by atoms with Gasteiger partial charge in [0, 0.05) is 5.69 Å². The third kappa shape index (κ3) is 7.44. The van der Waals surface area contributed by atoms with Gasteiger partial charge in [-0.15, -0.1) is 13.2 Å². The lowest BCUT2D eigenvalue weighted by Gasteiger charge is -2.07. The summed E-state index contributed by atoms with van der Waals surface area (Å²) in [4.78, 5) is 8.94. The highest BCUT2D eigenvalue weighted by Crippen LogP contribution is 2.22. The van der Waals surface area contributed by atoms with E-state index in [2.05, 4.69) is 10.6 Å². The first-order chi connectivity index (χ1) is 7.39. The number of halogens is 3. The molecule has 0 unspecified atom stereocenters. The summed E-state index contributed by atoms with van der Waals surface area (Å²) in [5, 5.41) is 0. The summed E-state index contributed by atoms with van der Waals surface area (Å²) in [6, 6.07) is 4.98. The predicted molar refractivity (Wildman–Crippen MR) is 50.9 cm³/mol. The van der Waals surface area contributed by atoms with Gasteiger partial charge in [-0.3, -0.25) is 10.2 Å². The van der Waals surface area contributed by atoms with Crippen LogP contribution < -0.4 is 21.7 Å². The maximum atomic E-state index is 11.6. The molecule has 0 spiro atoms. The Kier molecular flexibility index (Phi) is 5.71. The zero-order valence-corrected chi connectivity index (χ0v) is 7.99. The molecule has 0 atom stereocenters. The number of nitrogens with two attached hydrogens (primary N) is 2. The summed E-state index contributed by atoms with van der Waals surface area (Å²) in [5.74, 6) is 4.14. The first-order valence-corrected chi connectivity index (χ1v) is 3.90. The molecule has 1 amide bonds. The number of carbonyl (C=O) groups is 1. The van der Waals surface area contributed by atoms with Gasteiger partial charge in [0.1, 0.15) is 5.75 Å². The number of benzene rings is 1. The minimum atomic E-state index is -4.64. The Hall–Kier alpha value is -1.96. The number of alkyl halides is 3. The molecule has 8 heteroatoms. The van der Waals surface area contributed by atoms with E-state index in [1.807, 2.05) is 0 Å². The van der Waals surface area contributed by atoms with Crippen LogP contribution in [-0.2, 0) is 4.79 Å². The molecule has 5 nitrogen and oxygen atoms in total. The van der Waals surface area contributed by atoms with Crippen molar-refractivity contribution in [1.82, 2.24) is 5.43 Å². The van der Waals surface area contributed by atoms with Crippen LogP contribution in [0.1, 0.15) is 0 Å². The van der Waals surface area contributed by atoms with Crippen LogP contribution in [0.5, 0.6) is 5.75 Å². The maximum absolute atomic E-state index is 11.6. The average molecular weight is 237 g/mol. The van der Waals surface area contributed by atoms with Gasteiger partial charge in [0.15, 0.2) is 0 Å². The maximum Gasteiger partial charge on any atom is 0.573 e. The third-order valence-electron chi connectivity index (χ3n) is 1.18. The first kappa shape index (κ1) is 14.0. The highest BCUT2D eigenvalue weighted by molar-refractivity contribution is 5.44. The van der Waals surface area contributed by atoms with E-state index in [0.717, 1.165) is 12.1 Å². The number of carbonyl (C=O) groups excluding carboxylic acids is 1. The van der Waals surface area contributed by atoms with Crippen molar-refractivity contribution in [3.05, 3.63) is 24.3 Å². The molecule has 5 N–H and O–H groups in total. The third-order valence-corrected chi connectivity index (χ3v) is 1.18. The van der Waals surface area contributed by atoms with Crippen LogP contribution in [0.3, 0.4) is 0 Å². The molecule has 90 valence electrons. The summed E-state index contributed by atoms with van der Waals surface area (Å²) in [6.45, 7) is 0. The van der Waals surface area contributed by atoms with Crippen molar-refractivity contribution in [1.29, 1.82) is 0 Å². The molecule has 1 aromatic carbocycles. The van der Waals surface area contributed by atoms with Crippen LogP contribution in [0, 0.1) is 0 Å². The topological polar surface area (TPSA) is 90.4 Å². The molecule has 0 saturated carbocycles. The number of hydrogen-bond acceptors (Lipinski definition) is 4. The Bertz CT molecular complexity index is 313. The SMILES string of the molecule is NNC=O.Nc1ccc(OC(F)(F)F)cc1. The molecule has 1 rings (SSSR count). The summed E-state index contributed by atoms with van der Waals surface area (Å²) >= 11 is 0. The van der Waals surface area contributed by atoms with Crippen molar-refractivity contribution < 1.29 is 22.7 Å². The molecule has 0 saturated heterocycles. The van der Waals surface area contributed by atoms with Gasteiger partial charge in [0.25, 0.3) is 0 Å². The fourth-order valence-corrected chi connectivity index (χ4v) is 0.669. The van der Waals surface area contributed by atoms with Crippen molar-refractivity contribution in [3.8, 4) is 5.75 Å². The average Bonchev–Trinajstić information content (AvgIpc) is 2.20. The lowest BCUT2D eigenvalue weighted by molar-refractivity contribution is -0.274. The van der Waals surface area contributed by atoms with Crippen molar-refractivity contribution >= 4 is 12.1 Å². The zero-order chi connectivity index (χ0) is 12.6. The number of hydrogen-bond donors (Lipinski definition) is 3. The summed E-state index contributed by atoms with van der Waals surface area (Å²) in [6.07, 6.45) is -4.24. The highest BCUT2D eigenvalue weighted by Gasteiger charge is 2.30. The highest BCUT2D eigenvalue weighted by atomic mass is 19.4. The van der Waals surface area contributed by atoms with Crippen molar-refractivity contribution in [3.63, 3.8) is 0 Å². The lowest BCUT2D eigenvalue weighted by Crippen LogP contribution is -2.18. The van der Waals surface area contributed by atoms with E-state index in [-0.39, 0.29) is 5.75 Å². The molecule has 0 radical (unpaired) electrons. The molecule has 16 heavy (non-hydrogen) atoms. The number of nitrogens with one attached hydrogen (secondary N) is 1. The van der Waals surface area contributed by atoms with Gasteiger partial charge in [-0.05, 0) is 24.3 Å². The van der Waals surface area contributed by atoms with Crippen molar-refractivity contribution in [2.75, 3.05) is 5.73 Å². The van der Waals surface area contributed by atoms with Crippen molar-refractivity contribution in [2.45, 2.75) is 6.36 Å². The standard InChI is InChI=1S/C7H6F3NO.CH4N2O/c8-7(9,10)12-6-3-1-5(11)2-4-6;2-3-1-4/h1-4H,11H2;1H,2H2,(H,3,4). The van der Waals surface area contributed by atoms with Crippen LogP contribution in [0.2, 0.25) is 0 Å². The van der Waals surface area contributed by atoms with Gasteiger partial charge in [0.2, 0.25) is 6.41 Å². The fourth-order valence-electron chi connectivity index (χ4n) is 0.669. The Morgan fingerprint density at radius 2 is 1.69 bits per heavy atom. The van der Waals surface area contributed by atoms with Gasteiger partial charge < -0.3 is 10.5 Å². The Morgan fingerprint density at radius 1 is 1.25 bits per heavy atom.